The first-order chi connectivity index (χ1) is 13.5. The highest BCUT2D eigenvalue weighted by atomic mass is 19.1. The molecule has 3 aromatic rings. The summed E-state index contributed by atoms with van der Waals surface area (Å²) in [6, 6.07) is 9.63. The number of halogens is 1. The molecule has 0 amide bonds. The van der Waals surface area contributed by atoms with E-state index >= 15 is 0 Å². The molecular formula is C21H19FN4O2. The second-order valence-electron chi connectivity index (χ2n) is 6.88. The van der Waals surface area contributed by atoms with E-state index in [1.165, 1.54) is 23.8 Å². The zero-order valence-corrected chi connectivity index (χ0v) is 15.6. The Morgan fingerprint density at radius 2 is 2.18 bits per heavy atom. The summed E-state index contributed by atoms with van der Waals surface area (Å²) < 4.78 is 20.8. The van der Waals surface area contributed by atoms with Gasteiger partial charge in [0.05, 0.1) is 41.4 Å². The zero-order valence-electron chi connectivity index (χ0n) is 15.6. The van der Waals surface area contributed by atoms with Gasteiger partial charge in [0.1, 0.15) is 5.82 Å². The highest BCUT2D eigenvalue weighted by Gasteiger charge is 2.25. The predicted molar refractivity (Wildman–Crippen MR) is 103 cm³/mol. The van der Waals surface area contributed by atoms with Crippen LogP contribution in [-0.4, -0.2) is 23.2 Å². The third-order valence-corrected chi connectivity index (χ3v) is 5.08. The number of aryl methyl sites for hydroxylation is 1. The van der Waals surface area contributed by atoms with Crippen LogP contribution in [0.1, 0.15) is 35.8 Å². The number of fused-ring (bicyclic) bond motifs is 1. The van der Waals surface area contributed by atoms with Gasteiger partial charge in [-0.25, -0.2) is 9.37 Å². The largest absolute Gasteiger partial charge is 0.494 e. The maximum Gasteiger partial charge on any atom is 0.266 e. The van der Waals surface area contributed by atoms with Crippen molar-refractivity contribution < 1.29 is 9.13 Å². The van der Waals surface area contributed by atoms with Crippen molar-refractivity contribution in [2.45, 2.75) is 25.8 Å². The number of hydrogen-bond acceptors (Lipinski definition) is 5. The maximum atomic E-state index is 14.4. The lowest BCUT2D eigenvalue weighted by Gasteiger charge is -2.19. The molecule has 28 heavy (non-hydrogen) atoms. The number of nitrogens with one attached hydrogen (secondary N) is 1. The van der Waals surface area contributed by atoms with E-state index in [0.29, 0.717) is 28.0 Å². The van der Waals surface area contributed by atoms with E-state index in [1.807, 2.05) is 6.92 Å². The van der Waals surface area contributed by atoms with E-state index in [1.54, 1.807) is 18.2 Å². The molecular weight excluding hydrogens is 359 g/mol. The minimum absolute atomic E-state index is 0.0997. The molecule has 2 aromatic carbocycles. The number of nitrogens with zero attached hydrogens (tertiary/aromatic N) is 3. The quantitative estimate of drug-likeness (QED) is 0.757. The maximum absolute atomic E-state index is 14.4. The van der Waals surface area contributed by atoms with Gasteiger partial charge in [0.2, 0.25) is 0 Å². The monoisotopic (exact) mass is 378 g/mol. The van der Waals surface area contributed by atoms with Crippen LogP contribution in [0.3, 0.4) is 0 Å². The van der Waals surface area contributed by atoms with E-state index in [-0.39, 0.29) is 17.4 Å². The molecule has 2 heterocycles. The molecule has 0 radical (unpaired) electrons. The zero-order chi connectivity index (χ0) is 19.8. The molecule has 1 aliphatic rings. The summed E-state index contributed by atoms with van der Waals surface area (Å²) in [5.41, 5.74) is 1.78. The molecule has 6 nitrogen and oxygen atoms in total. The first kappa shape index (κ1) is 18.1. The fourth-order valence-electron chi connectivity index (χ4n) is 3.73. The van der Waals surface area contributed by atoms with Crippen LogP contribution in [0.4, 0.5) is 4.39 Å². The van der Waals surface area contributed by atoms with Gasteiger partial charge in [0.25, 0.3) is 5.56 Å². The Bertz CT molecular complexity index is 1170. The predicted octanol–water partition coefficient (Wildman–Crippen LogP) is 3.14. The molecule has 1 saturated heterocycles. The summed E-state index contributed by atoms with van der Waals surface area (Å²) in [5, 5.41) is 13.0. The van der Waals surface area contributed by atoms with Gasteiger partial charge in [-0.05, 0) is 56.1 Å². The average molecular weight is 378 g/mol. The fourth-order valence-corrected chi connectivity index (χ4v) is 3.73. The minimum atomic E-state index is -0.556. The second kappa shape index (κ2) is 7.06. The van der Waals surface area contributed by atoms with Crippen molar-refractivity contribution in [3.63, 3.8) is 0 Å². The Hall–Kier alpha value is -3.24. The van der Waals surface area contributed by atoms with Crippen molar-refractivity contribution in [1.82, 2.24) is 14.9 Å². The number of aromatic nitrogens is 2. The summed E-state index contributed by atoms with van der Waals surface area (Å²) in [6.07, 6.45) is 1.81. The highest BCUT2D eigenvalue weighted by molar-refractivity contribution is 5.83. The number of hydrogen-bond donors (Lipinski definition) is 1. The molecule has 0 aliphatic carbocycles. The van der Waals surface area contributed by atoms with Crippen LogP contribution in [-0.2, 0) is 0 Å². The van der Waals surface area contributed by atoms with Crippen LogP contribution in [0.5, 0.6) is 5.75 Å². The Morgan fingerprint density at radius 3 is 2.82 bits per heavy atom. The molecule has 1 atom stereocenters. The lowest BCUT2D eigenvalue weighted by Crippen LogP contribution is -2.29. The SMILES string of the molecule is COc1ccc(-n2c([C@H]3CCCN3)nc3c(C)cc(C#N)cc3c2=O)cc1F. The Balaban J connectivity index is 2.06. The van der Waals surface area contributed by atoms with Gasteiger partial charge >= 0.3 is 0 Å². The summed E-state index contributed by atoms with van der Waals surface area (Å²) >= 11 is 0. The summed E-state index contributed by atoms with van der Waals surface area (Å²) in [7, 11) is 1.39. The van der Waals surface area contributed by atoms with Gasteiger partial charge in [0.15, 0.2) is 11.6 Å². The lowest BCUT2D eigenvalue weighted by molar-refractivity contribution is 0.386. The molecule has 1 aliphatic heterocycles. The summed E-state index contributed by atoms with van der Waals surface area (Å²) in [5.74, 6) is 0.0976. The molecule has 1 N–H and O–H groups in total. The van der Waals surface area contributed by atoms with Gasteiger partial charge in [-0.15, -0.1) is 0 Å². The smallest absolute Gasteiger partial charge is 0.266 e. The van der Waals surface area contributed by atoms with Crippen LogP contribution in [0.2, 0.25) is 0 Å². The Morgan fingerprint density at radius 1 is 1.36 bits per heavy atom. The van der Waals surface area contributed by atoms with E-state index in [4.69, 9.17) is 9.72 Å². The van der Waals surface area contributed by atoms with E-state index in [9.17, 15) is 14.4 Å². The van der Waals surface area contributed by atoms with Crippen molar-refractivity contribution in [1.29, 1.82) is 5.26 Å². The number of methoxy groups -OCH3 is 1. The lowest BCUT2D eigenvalue weighted by atomic mass is 10.1. The first-order valence-electron chi connectivity index (χ1n) is 9.08. The number of nitriles is 1. The fraction of sp³-hybridized carbons (Fsp3) is 0.286. The van der Waals surface area contributed by atoms with Crippen molar-refractivity contribution in [2.24, 2.45) is 0 Å². The minimum Gasteiger partial charge on any atom is -0.494 e. The van der Waals surface area contributed by atoms with Crippen LogP contribution >= 0.6 is 0 Å². The number of ether oxygens (including phenoxy) is 1. The van der Waals surface area contributed by atoms with Crippen LogP contribution in [0, 0.1) is 24.1 Å². The van der Waals surface area contributed by atoms with E-state index < -0.39 is 5.82 Å². The van der Waals surface area contributed by atoms with E-state index in [0.717, 1.165) is 24.9 Å². The highest BCUT2D eigenvalue weighted by Crippen LogP contribution is 2.27. The molecule has 1 aromatic heterocycles. The molecule has 0 bridgehead atoms. The Labute approximate surface area is 161 Å². The molecule has 142 valence electrons. The molecule has 0 unspecified atom stereocenters. The molecule has 0 spiro atoms. The molecule has 4 rings (SSSR count). The third kappa shape index (κ3) is 2.92. The van der Waals surface area contributed by atoms with Gasteiger partial charge in [-0.3, -0.25) is 9.36 Å². The number of benzene rings is 2. The first-order valence-corrected chi connectivity index (χ1v) is 9.08. The molecule has 0 saturated carbocycles. The standard InChI is InChI=1S/C21H19FN4O2/c1-12-8-13(11-23)9-15-19(12)25-20(17-4-3-7-24-17)26(21(15)27)14-5-6-18(28-2)16(22)10-14/h5-6,8-10,17,24H,3-4,7H2,1-2H3/t17-/m1/s1. The molecule has 1 fully saturated rings. The van der Waals surface area contributed by atoms with Crippen molar-refractivity contribution in [3.8, 4) is 17.5 Å². The third-order valence-electron chi connectivity index (χ3n) is 5.08. The van der Waals surface area contributed by atoms with Crippen molar-refractivity contribution in [2.75, 3.05) is 13.7 Å². The topological polar surface area (TPSA) is 79.9 Å². The van der Waals surface area contributed by atoms with Crippen molar-refractivity contribution >= 4 is 10.9 Å². The van der Waals surface area contributed by atoms with Crippen LogP contribution < -0.4 is 15.6 Å². The normalized spacial score (nSPS) is 16.3. The van der Waals surface area contributed by atoms with Crippen molar-refractivity contribution in [3.05, 3.63) is 63.5 Å². The van der Waals surface area contributed by atoms with Crippen LogP contribution in [0.15, 0.2) is 35.1 Å². The summed E-state index contributed by atoms with van der Waals surface area (Å²) in [6.45, 7) is 2.67. The van der Waals surface area contributed by atoms with Gasteiger partial charge in [-0.2, -0.15) is 5.26 Å². The molecule has 7 heteroatoms. The average Bonchev–Trinajstić information content (AvgIpc) is 3.22. The van der Waals surface area contributed by atoms with E-state index in [2.05, 4.69) is 11.4 Å². The summed E-state index contributed by atoms with van der Waals surface area (Å²) in [4.78, 5) is 18.2. The number of rotatable bonds is 3. The second-order valence-corrected chi connectivity index (χ2v) is 6.88. The van der Waals surface area contributed by atoms with Gasteiger partial charge in [-0.1, -0.05) is 0 Å². The Kier molecular flexibility index (Phi) is 4.57. The van der Waals surface area contributed by atoms with Crippen LogP contribution in [0.25, 0.3) is 16.6 Å². The van der Waals surface area contributed by atoms with Gasteiger partial charge in [0, 0.05) is 6.07 Å². The van der Waals surface area contributed by atoms with Gasteiger partial charge < -0.3 is 10.1 Å².